The monoisotopic (exact) mass is 813 g/mol. The molecule has 0 fully saturated rings. The van der Waals surface area contributed by atoms with Crippen molar-refractivity contribution in [3.8, 4) is 22.3 Å². The van der Waals surface area contributed by atoms with Crippen LogP contribution in [-0.2, 0) is 21.7 Å². The third kappa shape index (κ3) is 6.78. The molecule has 0 saturated heterocycles. The van der Waals surface area contributed by atoms with Crippen molar-refractivity contribution in [1.82, 2.24) is 0 Å². The molecule has 0 atom stereocenters. The Bertz CT molecular complexity index is 2870. The third-order valence-electron chi connectivity index (χ3n) is 14.1. The van der Waals surface area contributed by atoms with Crippen molar-refractivity contribution in [1.29, 1.82) is 0 Å². The molecule has 0 heterocycles. The Morgan fingerprint density at radius 3 is 1.15 bits per heavy atom. The van der Waals surface area contributed by atoms with Gasteiger partial charge < -0.3 is 9.80 Å². The fraction of sp³-hybridized carbons (Fsp3) is 0.300. The summed E-state index contributed by atoms with van der Waals surface area (Å²) in [6, 6.07) is 51.2. The first-order chi connectivity index (χ1) is 29.1. The quantitative estimate of drug-likeness (QED) is 0.165. The summed E-state index contributed by atoms with van der Waals surface area (Å²) in [5, 5.41) is 0. The Kier molecular flexibility index (Phi) is 9.60. The molecule has 0 aromatic heterocycles. The Morgan fingerprint density at radius 1 is 0.355 bits per heavy atom. The number of hydrogen-bond acceptors (Lipinski definition) is 2. The first-order valence-electron chi connectivity index (χ1n) is 22.6. The van der Waals surface area contributed by atoms with Crippen LogP contribution in [-0.4, -0.2) is 0 Å². The van der Waals surface area contributed by atoms with Crippen LogP contribution in [0.4, 0.5) is 34.1 Å². The molecule has 9 rings (SSSR count). The second kappa shape index (κ2) is 14.3. The van der Waals surface area contributed by atoms with E-state index in [4.69, 9.17) is 0 Å². The zero-order chi connectivity index (χ0) is 44.3. The zero-order valence-electron chi connectivity index (χ0n) is 39.6. The number of fused-ring (bicyclic) bond motifs is 6. The Hall–Kier alpha value is -5.86. The molecular formula is C60H64N2. The average Bonchev–Trinajstić information content (AvgIpc) is 3.57. The maximum absolute atomic E-state index is 2.57. The molecule has 314 valence electrons. The van der Waals surface area contributed by atoms with Gasteiger partial charge in [-0.15, -0.1) is 0 Å². The summed E-state index contributed by atoms with van der Waals surface area (Å²) < 4.78 is 0. The SMILES string of the molecule is Cc1ccc(N(c2ccc(C(C)(C)C)cc2)c2cc(C)c3c(c2)C(C)(C)c2cc4c(cc2-3)C(C)(C)c2cc(N(c3ccc(C)cc3)c3cccc(C(C)(C)C)c3)cc(C)c2-4)cc1. The molecule has 2 heteroatoms. The minimum absolute atomic E-state index is 0.0397. The van der Waals surface area contributed by atoms with E-state index in [1.54, 1.807) is 0 Å². The first-order valence-corrected chi connectivity index (χ1v) is 22.6. The van der Waals surface area contributed by atoms with Gasteiger partial charge in [-0.05, 0) is 190 Å². The molecule has 0 aliphatic heterocycles. The van der Waals surface area contributed by atoms with Crippen molar-refractivity contribution < 1.29 is 0 Å². The Labute approximate surface area is 372 Å². The van der Waals surface area contributed by atoms with Gasteiger partial charge in [-0.3, -0.25) is 0 Å². The highest BCUT2D eigenvalue weighted by atomic mass is 15.1. The van der Waals surface area contributed by atoms with E-state index in [2.05, 4.69) is 240 Å². The van der Waals surface area contributed by atoms with Crippen LogP contribution >= 0.6 is 0 Å². The van der Waals surface area contributed by atoms with Crippen LogP contribution < -0.4 is 9.80 Å². The van der Waals surface area contributed by atoms with Crippen molar-refractivity contribution in [3.05, 3.63) is 189 Å². The molecule has 2 aliphatic rings. The number of benzene rings is 7. The molecular weight excluding hydrogens is 749 g/mol. The van der Waals surface area contributed by atoms with Crippen molar-refractivity contribution in [3.63, 3.8) is 0 Å². The molecule has 2 nitrogen and oxygen atoms in total. The topological polar surface area (TPSA) is 6.48 Å². The van der Waals surface area contributed by atoms with Gasteiger partial charge in [0, 0.05) is 45.0 Å². The molecule has 0 amide bonds. The summed E-state index contributed by atoms with van der Waals surface area (Å²) >= 11 is 0. The molecule has 62 heavy (non-hydrogen) atoms. The van der Waals surface area contributed by atoms with E-state index in [1.807, 2.05) is 0 Å². The van der Waals surface area contributed by atoms with Crippen LogP contribution in [0.5, 0.6) is 0 Å². The van der Waals surface area contributed by atoms with Crippen molar-refractivity contribution in [2.24, 2.45) is 0 Å². The Morgan fingerprint density at radius 2 is 0.742 bits per heavy atom. The van der Waals surface area contributed by atoms with Gasteiger partial charge in [-0.25, -0.2) is 0 Å². The highest BCUT2D eigenvalue weighted by molar-refractivity contribution is 5.94. The number of nitrogens with zero attached hydrogens (tertiary/aromatic N) is 2. The lowest BCUT2D eigenvalue weighted by molar-refractivity contribution is 0.590. The van der Waals surface area contributed by atoms with Crippen LogP contribution in [0.25, 0.3) is 22.3 Å². The molecule has 7 aromatic rings. The molecule has 2 aliphatic carbocycles. The minimum atomic E-state index is -0.200. The van der Waals surface area contributed by atoms with Gasteiger partial charge in [-0.1, -0.05) is 129 Å². The average molecular weight is 813 g/mol. The molecule has 0 spiro atoms. The largest absolute Gasteiger partial charge is 0.310 e. The van der Waals surface area contributed by atoms with E-state index in [0.29, 0.717) is 0 Å². The lowest BCUT2D eigenvalue weighted by Crippen LogP contribution is -2.18. The summed E-state index contributed by atoms with van der Waals surface area (Å²) in [4.78, 5) is 4.90. The molecule has 7 aromatic carbocycles. The molecule has 0 N–H and O–H groups in total. The second-order valence-corrected chi connectivity index (χ2v) is 21.5. The normalized spacial score (nSPS) is 14.5. The van der Waals surface area contributed by atoms with E-state index in [9.17, 15) is 0 Å². The lowest BCUT2D eigenvalue weighted by atomic mass is 9.79. The van der Waals surface area contributed by atoms with Gasteiger partial charge in [0.2, 0.25) is 0 Å². The van der Waals surface area contributed by atoms with Crippen LogP contribution in [0.3, 0.4) is 0 Å². The van der Waals surface area contributed by atoms with Gasteiger partial charge in [-0.2, -0.15) is 0 Å². The standard InChI is InChI=1S/C60H64N2/c1-37-18-24-43(25-19-37)61(45-28-22-41(23-29-45)57(5,6)7)47-30-39(3)55-49-35-52-50(36-51(49)59(11,12)53(55)33-47)56-40(4)31-48(34-54(56)60(52,13)14)62(44-26-20-38(2)21-27-44)46-17-15-16-42(32-46)58(8,9)10/h15-36H,1-14H3. The third-order valence-corrected chi connectivity index (χ3v) is 14.1. The summed E-state index contributed by atoms with van der Waals surface area (Å²) in [7, 11) is 0. The van der Waals surface area contributed by atoms with Crippen LogP contribution in [0.2, 0.25) is 0 Å². The van der Waals surface area contributed by atoms with Gasteiger partial charge in [0.1, 0.15) is 0 Å². The first kappa shape index (κ1) is 41.5. The van der Waals surface area contributed by atoms with E-state index >= 15 is 0 Å². The maximum Gasteiger partial charge on any atom is 0.0467 e. The van der Waals surface area contributed by atoms with Gasteiger partial charge in [0.15, 0.2) is 0 Å². The van der Waals surface area contributed by atoms with Crippen molar-refractivity contribution >= 4 is 34.1 Å². The summed E-state index contributed by atoms with van der Waals surface area (Å²) in [6.07, 6.45) is 0. The zero-order valence-corrected chi connectivity index (χ0v) is 39.6. The smallest absolute Gasteiger partial charge is 0.0467 e. The predicted molar refractivity (Wildman–Crippen MR) is 267 cm³/mol. The highest BCUT2D eigenvalue weighted by Gasteiger charge is 2.43. The maximum atomic E-state index is 2.57. The van der Waals surface area contributed by atoms with Crippen molar-refractivity contribution in [2.45, 2.75) is 119 Å². The van der Waals surface area contributed by atoms with Crippen LogP contribution in [0.1, 0.15) is 125 Å². The van der Waals surface area contributed by atoms with Crippen LogP contribution in [0, 0.1) is 27.7 Å². The number of aryl methyl sites for hydroxylation is 4. The van der Waals surface area contributed by atoms with E-state index in [1.165, 1.54) is 112 Å². The molecule has 0 bridgehead atoms. The molecule has 0 unspecified atom stereocenters. The Balaban J connectivity index is 1.17. The minimum Gasteiger partial charge on any atom is -0.310 e. The summed E-state index contributed by atoms with van der Waals surface area (Å²) in [6.45, 7) is 32.5. The number of rotatable bonds is 6. The fourth-order valence-corrected chi connectivity index (χ4v) is 10.3. The van der Waals surface area contributed by atoms with E-state index in [0.717, 1.165) is 0 Å². The van der Waals surface area contributed by atoms with Crippen molar-refractivity contribution in [2.75, 3.05) is 9.80 Å². The number of hydrogen-bond donors (Lipinski definition) is 0. The highest BCUT2D eigenvalue weighted by Crippen LogP contribution is 2.59. The van der Waals surface area contributed by atoms with Gasteiger partial charge in [0.25, 0.3) is 0 Å². The molecule has 0 radical (unpaired) electrons. The fourth-order valence-electron chi connectivity index (χ4n) is 10.3. The van der Waals surface area contributed by atoms with E-state index < -0.39 is 0 Å². The lowest BCUT2D eigenvalue weighted by Gasteiger charge is -2.30. The second-order valence-electron chi connectivity index (χ2n) is 21.5. The van der Waals surface area contributed by atoms with Gasteiger partial charge >= 0.3 is 0 Å². The van der Waals surface area contributed by atoms with Crippen LogP contribution in [0.15, 0.2) is 133 Å². The van der Waals surface area contributed by atoms with E-state index in [-0.39, 0.29) is 21.7 Å². The predicted octanol–water partition coefficient (Wildman–Crippen LogP) is 17.1. The van der Waals surface area contributed by atoms with Gasteiger partial charge in [0.05, 0.1) is 0 Å². The summed E-state index contributed by atoms with van der Waals surface area (Å²) in [5.41, 5.74) is 25.8. The molecule has 0 saturated carbocycles. The summed E-state index contributed by atoms with van der Waals surface area (Å²) in [5.74, 6) is 0. The number of anilines is 6.